The van der Waals surface area contributed by atoms with Crippen molar-refractivity contribution in [3.63, 3.8) is 0 Å². The van der Waals surface area contributed by atoms with Crippen molar-refractivity contribution in [2.45, 2.75) is 47.0 Å². The minimum atomic E-state index is 0.459. The van der Waals surface area contributed by atoms with Crippen LogP contribution in [-0.4, -0.2) is 0 Å². The highest BCUT2D eigenvalue weighted by atomic mass is 14.4. The van der Waals surface area contributed by atoms with Gasteiger partial charge in [0.2, 0.25) is 0 Å². The van der Waals surface area contributed by atoms with Crippen LogP contribution >= 0.6 is 0 Å². The molecule has 0 aromatic rings. The van der Waals surface area contributed by atoms with Gasteiger partial charge < -0.3 is 0 Å². The fourth-order valence-electron chi connectivity index (χ4n) is 3.02. The lowest BCUT2D eigenvalue weighted by Gasteiger charge is -2.34. The SMILES string of the molecule is C=C/C=C\C1=C(C)C(CC)(C(C)C)CC1. The van der Waals surface area contributed by atoms with Gasteiger partial charge in [-0.05, 0) is 43.1 Å². The van der Waals surface area contributed by atoms with E-state index in [4.69, 9.17) is 0 Å². The van der Waals surface area contributed by atoms with E-state index in [0.717, 1.165) is 5.92 Å². The Balaban J connectivity index is 3.02. The van der Waals surface area contributed by atoms with Gasteiger partial charge in [-0.1, -0.05) is 51.2 Å². The molecule has 1 aliphatic rings. The third-order valence-electron chi connectivity index (χ3n) is 4.24. The van der Waals surface area contributed by atoms with E-state index in [9.17, 15) is 0 Å². The lowest BCUT2D eigenvalue weighted by molar-refractivity contribution is 0.233. The molecule has 15 heavy (non-hydrogen) atoms. The van der Waals surface area contributed by atoms with Crippen LogP contribution < -0.4 is 0 Å². The molecule has 0 radical (unpaired) electrons. The summed E-state index contributed by atoms with van der Waals surface area (Å²) in [5.41, 5.74) is 3.60. The Morgan fingerprint density at radius 1 is 1.47 bits per heavy atom. The highest BCUT2D eigenvalue weighted by molar-refractivity contribution is 5.35. The molecule has 0 heterocycles. The molecular weight excluding hydrogens is 180 g/mol. The molecule has 0 saturated carbocycles. The minimum absolute atomic E-state index is 0.459. The van der Waals surface area contributed by atoms with Gasteiger partial charge in [0.05, 0.1) is 0 Å². The van der Waals surface area contributed by atoms with Gasteiger partial charge in [-0.3, -0.25) is 0 Å². The molecular formula is C15H24. The summed E-state index contributed by atoms with van der Waals surface area (Å²) in [5.74, 6) is 0.747. The standard InChI is InChI=1S/C15H24/c1-6-8-9-14-10-11-15(7-2,12(3)4)13(14)5/h6,8-9,12H,1,7,10-11H2,2-5H3/b9-8-. The van der Waals surface area contributed by atoms with Crippen molar-refractivity contribution in [3.05, 3.63) is 36.0 Å². The predicted octanol–water partition coefficient (Wildman–Crippen LogP) is 4.89. The Morgan fingerprint density at radius 2 is 2.13 bits per heavy atom. The van der Waals surface area contributed by atoms with Crippen molar-refractivity contribution in [1.82, 2.24) is 0 Å². The van der Waals surface area contributed by atoms with Crippen molar-refractivity contribution in [1.29, 1.82) is 0 Å². The average Bonchev–Trinajstić information content (AvgIpc) is 2.54. The molecule has 0 fully saturated rings. The van der Waals surface area contributed by atoms with Crippen molar-refractivity contribution in [2.24, 2.45) is 11.3 Å². The van der Waals surface area contributed by atoms with E-state index >= 15 is 0 Å². The molecule has 0 heteroatoms. The predicted molar refractivity (Wildman–Crippen MR) is 68.8 cm³/mol. The Morgan fingerprint density at radius 3 is 2.53 bits per heavy atom. The fraction of sp³-hybridized carbons (Fsp3) is 0.600. The molecule has 1 rings (SSSR count). The van der Waals surface area contributed by atoms with Gasteiger partial charge in [0.15, 0.2) is 0 Å². The van der Waals surface area contributed by atoms with Gasteiger partial charge in [-0.15, -0.1) is 0 Å². The van der Waals surface area contributed by atoms with E-state index in [1.807, 2.05) is 6.08 Å². The van der Waals surface area contributed by atoms with Gasteiger partial charge >= 0.3 is 0 Å². The third kappa shape index (κ3) is 2.09. The first-order valence-corrected chi connectivity index (χ1v) is 6.07. The second kappa shape index (κ2) is 4.83. The molecule has 0 saturated heterocycles. The zero-order valence-corrected chi connectivity index (χ0v) is 10.6. The zero-order chi connectivity index (χ0) is 11.5. The summed E-state index contributed by atoms with van der Waals surface area (Å²) in [6, 6.07) is 0. The summed E-state index contributed by atoms with van der Waals surface area (Å²) in [5, 5.41) is 0. The highest BCUT2D eigenvalue weighted by Crippen LogP contribution is 2.50. The second-order valence-corrected chi connectivity index (χ2v) is 4.91. The van der Waals surface area contributed by atoms with E-state index in [1.54, 1.807) is 5.57 Å². The van der Waals surface area contributed by atoms with Gasteiger partial charge in [-0.2, -0.15) is 0 Å². The lowest BCUT2D eigenvalue weighted by Crippen LogP contribution is -2.24. The summed E-state index contributed by atoms with van der Waals surface area (Å²) in [7, 11) is 0. The Kier molecular flexibility index (Phi) is 3.96. The summed E-state index contributed by atoms with van der Waals surface area (Å²) in [6.45, 7) is 13.1. The molecule has 1 atom stereocenters. The smallest absolute Gasteiger partial charge is 0.00615 e. The Bertz CT molecular complexity index is 291. The van der Waals surface area contributed by atoms with E-state index in [2.05, 4.69) is 46.4 Å². The first-order valence-electron chi connectivity index (χ1n) is 6.07. The van der Waals surface area contributed by atoms with E-state index in [1.165, 1.54) is 24.8 Å². The summed E-state index contributed by atoms with van der Waals surface area (Å²) >= 11 is 0. The van der Waals surface area contributed by atoms with E-state index in [0.29, 0.717) is 5.41 Å². The van der Waals surface area contributed by atoms with Gasteiger partial charge in [0, 0.05) is 0 Å². The van der Waals surface area contributed by atoms with Crippen LogP contribution in [0.5, 0.6) is 0 Å². The van der Waals surface area contributed by atoms with E-state index < -0.39 is 0 Å². The Hall–Kier alpha value is -0.780. The number of hydrogen-bond acceptors (Lipinski definition) is 0. The maximum absolute atomic E-state index is 3.73. The minimum Gasteiger partial charge on any atom is -0.0991 e. The monoisotopic (exact) mass is 204 g/mol. The first kappa shape index (κ1) is 12.3. The molecule has 0 spiro atoms. The maximum atomic E-state index is 3.73. The van der Waals surface area contributed by atoms with Crippen LogP contribution in [0.3, 0.4) is 0 Å². The molecule has 84 valence electrons. The van der Waals surface area contributed by atoms with Crippen LogP contribution in [-0.2, 0) is 0 Å². The molecule has 0 bridgehead atoms. The number of rotatable bonds is 4. The van der Waals surface area contributed by atoms with Crippen molar-refractivity contribution in [3.8, 4) is 0 Å². The van der Waals surface area contributed by atoms with Gasteiger partial charge in [0.1, 0.15) is 0 Å². The molecule has 0 amide bonds. The fourth-order valence-corrected chi connectivity index (χ4v) is 3.02. The quantitative estimate of drug-likeness (QED) is 0.572. The molecule has 1 unspecified atom stereocenters. The van der Waals surface area contributed by atoms with Crippen LogP contribution in [0.4, 0.5) is 0 Å². The number of hydrogen-bond donors (Lipinski definition) is 0. The van der Waals surface area contributed by atoms with Crippen LogP contribution in [0.15, 0.2) is 36.0 Å². The van der Waals surface area contributed by atoms with Gasteiger partial charge in [-0.25, -0.2) is 0 Å². The van der Waals surface area contributed by atoms with E-state index in [-0.39, 0.29) is 0 Å². The largest absolute Gasteiger partial charge is 0.0991 e. The van der Waals surface area contributed by atoms with Crippen molar-refractivity contribution in [2.75, 3.05) is 0 Å². The maximum Gasteiger partial charge on any atom is -0.00615 e. The lowest BCUT2D eigenvalue weighted by atomic mass is 9.70. The summed E-state index contributed by atoms with van der Waals surface area (Å²) < 4.78 is 0. The highest BCUT2D eigenvalue weighted by Gasteiger charge is 2.38. The Labute approximate surface area is 94.8 Å². The second-order valence-electron chi connectivity index (χ2n) is 4.91. The molecule has 0 aliphatic heterocycles. The van der Waals surface area contributed by atoms with Crippen LogP contribution in [0.25, 0.3) is 0 Å². The van der Waals surface area contributed by atoms with Crippen LogP contribution in [0.2, 0.25) is 0 Å². The topological polar surface area (TPSA) is 0 Å². The van der Waals surface area contributed by atoms with Crippen molar-refractivity contribution >= 4 is 0 Å². The average molecular weight is 204 g/mol. The normalized spacial score (nSPS) is 27.0. The third-order valence-corrected chi connectivity index (χ3v) is 4.24. The van der Waals surface area contributed by atoms with Crippen molar-refractivity contribution < 1.29 is 0 Å². The van der Waals surface area contributed by atoms with Crippen LogP contribution in [0, 0.1) is 11.3 Å². The van der Waals surface area contributed by atoms with Crippen LogP contribution in [0.1, 0.15) is 47.0 Å². The molecule has 0 aromatic carbocycles. The number of allylic oxidation sites excluding steroid dienone is 5. The molecule has 0 aromatic heterocycles. The molecule has 1 aliphatic carbocycles. The molecule has 0 N–H and O–H groups in total. The summed E-state index contributed by atoms with van der Waals surface area (Å²) in [6.07, 6.45) is 9.99. The van der Waals surface area contributed by atoms with Gasteiger partial charge in [0.25, 0.3) is 0 Å². The summed E-state index contributed by atoms with van der Waals surface area (Å²) in [4.78, 5) is 0. The molecule has 0 nitrogen and oxygen atoms in total. The first-order chi connectivity index (χ1) is 7.08. The zero-order valence-electron chi connectivity index (χ0n) is 10.6.